The van der Waals surface area contributed by atoms with Gasteiger partial charge in [0, 0.05) is 42.6 Å². The summed E-state index contributed by atoms with van der Waals surface area (Å²) in [5, 5.41) is 9.13. The number of aliphatic carboxylic acids is 1. The Hall–Kier alpha value is -1.95. The van der Waals surface area contributed by atoms with Gasteiger partial charge >= 0.3 is 5.97 Å². The van der Waals surface area contributed by atoms with Gasteiger partial charge in [-0.1, -0.05) is 0 Å². The molecule has 0 radical (unpaired) electrons. The third-order valence-corrected chi connectivity index (χ3v) is 4.22. The summed E-state index contributed by atoms with van der Waals surface area (Å²) in [4.78, 5) is 29.7. The van der Waals surface area contributed by atoms with Crippen LogP contribution < -0.4 is 0 Å². The van der Waals surface area contributed by atoms with Crippen LogP contribution >= 0.6 is 0 Å². The van der Waals surface area contributed by atoms with Gasteiger partial charge in [-0.15, -0.1) is 0 Å². The summed E-state index contributed by atoms with van der Waals surface area (Å²) < 4.78 is 5.30. The highest BCUT2D eigenvalue weighted by molar-refractivity contribution is 5.96. The molecule has 6 nitrogen and oxygen atoms in total. The van der Waals surface area contributed by atoms with E-state index < -0.39 is 5.97 Å². The predicted octanol–water partition coefficient (Wildman–Crippen LogP) is 1.66. The monoisotopic (exact) mass is 304 g/mol. The highest BCUT2D eigenvalue weighted by Gasteiger charge is 2.30. The molecule has 0 aromatic carbocycles. The lowest BCUT2D eigenvalue weighted by atomic mass is 10.0. The molecule has 2 aliphatic rings. The zero-order chi connectivity index (χ0) is 15.5. The number of hydrogen-bond donors (Lipinski definition) is 1. The molecule has 0 bridgehead atoms. The fraction of sp³-hybridized carbons (Fsp3) is 0.562. The molecule has 0 spiro atoms. The van der Waals surface area contributed by atoms with Gasteiger partial charge in [-0.3, -0.25) is 14.6 Å². The molecule has 1 aromatic heterocycles. The lowest BCUT2D eigenvalue weighted by Crippen LogP contribution is -2.46. The van der Waals surface area contributed by atoms with Crippen molar-refractivity contribution in [3.63, 3.8) is 0 Å². The average Bonchev–Trinajstić information content (AvgIpc) is 3.38. The van der Waals surface area contributed by atoms with E-state index in [1.807, 2.05) is 6.07 Å². The van der Waals surface area contributed by atoms with Gasteiger partial charge in [0.2, 0.25) is 0 Å². The Labute approximate surface area is 129 Å². The SMILES string of the molecule is O=C(O)CN(C(=O)c1ccnc(C2CC2)c1)C1CCOCC1. The van der Waals surface area contributed by atoms with Crippen molar-refractivity contribution in [2.45, 2.75) is 37.6 Å². The maximum Gasteiger partial charge on any atom is 0.323 e. The predicted molar refractivity (Wildman–Crippen MR) is 78.7 cm³/mol. The summed E-state index contributed by atoms with van der Waals surface area (Å²) in [5.41, 5.74) is 1.47. The summed E-state index contributed by atoms with van der Waals surface area (Å²) >= 11 is 0. The zero-order valence-electron chi connectivity index (χ0n) is 12.4. The van der Waals surface area contributed by atoms with Crippen LogP contribution in [0, 0.1) is 0 Å². The average molecular weight is 304 g/mol. The quantitative estimate of drug-likeness (QED) is 0.895. The van der Waals surface area contributed by atoms with Crippen molar-refractivity contribution in [3.8, 4) is 0 Å². The first-order valence-electron chi connectivity index (χ1n) is 7.71. The number of pyridine rings is 1. The standard InChI is InChI=1S/C16H20N2O4/c19-15(20)10-18(13-4-7-22-8-5-13)16(21)12-3-6-17-14(9-12)11-1-2-11/h3,6,9,11,13H,1-2,4-5,7-8,10H2,(H,19,20). The second kappa shape index (κ2) is 6.44. The maximum atomic E-state index is 12.8. The number of rotatable bonds is 5. The Kier molecular flexibility index (Phi) is 4.38. The van der Waals surface area contributed by atoms with E-state index in [1.165, 1.54) is 4.90 Å². The second-order valence-corrected chi connectivity index (χ2v) is 5.91. The van der Waals surface area contributed by atoms with E-state index >= 15 is 0 Å². The van der Waals surface area contributed by atoms with Gasteiger partial charge < -0.3 is 14.7 Å². The number of carboxylic acid groups (broad SMARTS) is 1. The molecular formula is C16H20N2O4. The van der Waals surface area contributed by atoms with Crippen LogP contribution in [0.2, 0.25) is 0 Å². The lowest BCUT2D eigenvalue weighted by Gasteiger charge is -2.33. The van der Waals surface area contributed by atoms with E-state index in [1.54, 1.807) is 12.3 Å². The van der Waals surface area contributed by atoms with Crippen LogP contribution in [0.5, 0.6) is 0 Å². The smallest absolute Gasteiger partial charge is 0.323 e. The Balaban J connectivity index is 1.80. The fourth-order valence-corrected chi connectivity index (χ4v) is 2.86. The van der Waals surface area contributed by atoms with Crippen LogP contribution in [-0.4, -0.2) is 52.7 Å². The van der Waals surface area contributed by atoms with Gasteiger partial charge in [0.05, 0.1) is 0 Å². The highest BCUT2D eigenvalue weighted by atomic mass is 16.5. The van der Waals surface area contributed by atoms with Gasteiger partial charge in [-0.05, 0) is 37.8 Å². The maximum absolute atomic E-state index is 12.8. The number of carbonyl (C=O) groups is 2. The van der Waals surface area contributed by atoms with Gasteiger partial charge in [0.1, 0.15) is 6.54 Å². The first kappa shape index (κ1) is 15.0. The summed E-state index contributed by atoms with van der Waals surface area (Å²) in [5.74, 6) is -0.751. The largest absolute Gasteiger partial charge is 0.480 e. The normalized spacial score (nSPS) is 18.9. The van der Waals surface area contributed by atoms with Crippen LogP contribution in [0.3, 0.4) is 0 Å². The van der Waals surface area contributed by atoms with Crippen molar-refractivity contribution in [2.75, 3.05) is 19.8 Å². The van der Waals surface area contributed by atoms with E-state index in [0.29, 0.717) is 37.5 Å². The Morgan fingerprint density at radius 1 is 1.27 bits per heavy atom. The molecule has 1 N–H and O–H groups in total. The molecule has 2 heterocycles. The van der Waals surface area contributed by atoms with Crippen molar-refractivity contribution >= 4 is 11.9 Å². The number of nitrogens with zero attached hydrogens (tertiary/aromatic N) is 2. The molecule has 1 saturated heterocycles. The Morgan fingerprint density at radius 2 is 2.00 bits per heavy atom. The molecule has 6 heteroatoms. The van der Waals surface area contributed by atoms with Crippen molar-refractivity contribution in [1.82, 2.24) is 9.88 Å². The molecule has 1 aliphatic carbocycles. The van der Waals surface area contributed by atoms with Gasteiger partial charge in [0.25, 0.3) is 5.91 Å². The van der Waals surface area contributed by atoms with Crippen LogP contribution in [0.1, 0.15) is 47.7 Å². The minimum absolute atomic E-state index is 0.0742. The molecule has 1 aromatic rings. The molecule has 0 unspecified atom stereocenters. The molecule has 1 saturated carbocycles. The molecule has 3 rings (SSSR count). The number of amides is 1. The number of carboxylic acids is 1. The second-order valence-electron chi connectivity index (χ2n) is 5.91. The van der Waals surface area contributed by atoms with E-state index in [-0.39, 0.29) is 18.5 Å². The minimum Gasteiger partial charge on any atom is -0.480 e. The van der Waals surface area contributed by atoms with Gasteiger partial charge in [-0.25, -0.2) is 0 Å². The summed E-state index contributed by atoms with van der Waals surface area (Å²) in [6.45, 7) is 0.861. The van der Waals surface area contributed by atoms with Crippen LogP contribution in [-0.2, 0) is 9.53 Å². The van der Waals surface area contributed by atoms with Gasteiger partial charge in [0.15, 0.2) is 0 Å². The van der Waals surface area contributed by atoms with Crippen LogP contribution in [0.15, 0.2) is 18.3 Å². The number of aromatic nitrogens is 1. The third-order valence-electron chi connectivity index (χ3n) is 4.22. The van der Waals surface area contributed by atoms with E-state index in [2.05, 4.69) is 4.98 Å². The summed E-state index contributed by atoms with van der Waals surface area (Å²) in [6, 6.07) is 3.41. The first-order chi connectivity index (χ1) is 10.6. The lowest BCUT2D eigenvalue weighted by molar-refractivity contribution is -0.138. The number of ether oxygens (including phenoxy) is 1. The molecule has 1 amide bonds. The van der Waals surface area contributed by atoms with Gasteiger partial charge in [-0.2, -0.15) is 0 Å². The summed E-state index contributed by atoms with van der Waals surface area (Å²) in [7, 11) is 0. The van der Waals surface area contributed by atoms with Crippen molar-refractivity contribution in [2.24, 2.45) is 0 Å². The van der Waals surface area contributed by atoms with E-state index in [0.717, 1.165) is 18.5 Å². The molecular weight excluding hydrogens is 284 g/mol. The first-order valence-corrected chi connectivity index (χ1v) is 7.71. The number of hydrogen-bond acceptors (Lipinski definition) is 4. The molecule has 2 fully saturated rings. The summed E-state index contributed by atoms with van der Waals surface area (Å²) in [6.07, 6.45) is 5.23. The van der Waals surface area contributed by atoms with Crippen LogP contribution in [0.25, 0.3) is 0 Å². The molecule has 0 atom stereocenters. The third kappa shape index (κ3) is 3.44. The highest BCUT2D eigenvalue weighted by Crippen LogP contribution is 2.39. The Morgan fingerprint density at radius 3 is 2.64 bits per heavy atom. The van der Waals surface area contributed by atoms with E-state index in [9.17, 15) is 9.59 Å². The van der Waals surface area contributed by atoms with Crippen molar-refractivity contribution in [3.05, 3.63) is 29.6 Å². The van der Waals surface area contributed by atoms with Crippen LogP contribution in [0.4, 0.5) is 0 Å². The Bertz CT molecular complexity index is 565. The zero-order valence-corrected chi connectivity index (χ0v) is 12.4. The topological polar surface area (TPSA) is 79.7 Å². The fourth-order valence-electron chi connectivity index (χ4n) is 2.86. The molecule has 22 heavy (non-hydrogen) atoms. The molecule has 118 valence electrons. The van der Waals surface area contributed by atoms with E-state index in [4.69, 9.17) is 9.84 Å². The van der Waals surface area contributed by atoms with Crippen molar-refractivity contribution < 1.29 is 19.4 Å². The van der Waals surface area contributed by atoms with Crippen molar-refractivity contribution in [1.29, 1.82) is 0 Å². The number of carbonyl (C=O) groups excluding carboxylic acids is 1. The minimum atomic E-state index is -0.990. The molecule has 1 aliphatic heterocycles.